The van der Waals surface area contributed by atoms with E-state index in [9.17, 15) is 28.1 Å². The monoisotopic (exact) mass is 394 g/mol. The molecule has 2 aromatic rings. The van der Waals surface area contributed by atoms with E-state index in [0.29, 0.717) is 18.7 Å². The molecule has 1 heterocycles. The summed E-state index contributed by atoms with van der Waals surface area (Å²) in [5.41, 5.74) is 1.30. The second-order valence-corrected chi connectivity index (χ2v) is 6.18. The fourth-order valence-corrected chi connectivity index (χ4v) is 3.01. The number of alkyl halides is 3. The third-order valence-electron chi connectivity index (χ3n) is 4.36. The summed E-state index contributed by atoms with van der Waals surface area (Å²) >= 11 is 0. The van der Waals surface area contributed by atoms with Crippen molar-refractivity contribution in [3.63, 3.8) is 0 Å². The van der Waals surface area contributed by atoms with Gasteiger partial charge >= 0.3 is 6.18 Å². The average Bonchev–Trinajstić information content (AvgIpc) is 3.13. The average molecular weight is 394 g/mol. The summed E-state index contributed by atoms with van der Waals surface area (Å²) in [5.74, 6) is -0.523. The van der Waals surface area contributed by atoms with Crippen molar-refractivity contribution >= 4 is 23.0 Å². The number of nitro benzene ring substituents is 1. The molecule has 2 aromatic carbocycles. The molecule has 0 atom stereocenters. The van der Waals surface area contributed by atoms with E-state index < -0.39 is 22.6 Å². The van der Waals surface area contributed by atoms with Crippen molar-refractivity contribution in [1.29, 1.82) is 0 Å². The van der Waals surface area contributed by atoms with Crippen LogP contribution in [0.3, 0.4) is 0 Å². The van der Waals surface area contributed by atoms with Crippen molar-refractivity contribution in [3.05, 3.63) is 63.2 Å². The van der Waals surface area contributed by atoms with E-state index in [0.717, 1.165) is 35.5 Å². The first-order chi connectivity index (χ1) is 13.3. The molecule has 0 radical (unpaired) electrons. The van der Waals surface area contributed by atoms with Gasteiger partial charge in [-0.05, 0) is 36.8 Å². The van der Waals surface area contributed by atoms with Crippen LogP contribution >= 0.6 is 0 Å². The van der Waals surface area contributed by atoms with Crippen LogP contribution in [0.25, 0.3) is 0 Å². The van der Waals surface area contributed by atoms with Crippen LogP contribution in [-0.2, 0) is 12.6 Å². The molecule has 0 unspecified atom stereocenters. The number of rotatable bonds is 6. The van der Waals surface area contributed by atoms with Crippen LogP contribution in [0.1, 0.15) is 21.5 Å². The number of carbonyl (C=O) groups excluding carboxylic acids is 1. The number of amides is 1. The minimum Gasteiger partial charge on any atom is -0.384 e. The largest absolute Gasteiger partial charge is 0.416 e. The molecule has 7 nitrogen and oxygen atoms in total. The molecule has 1 aliphatic heterocycles. The Balaban J connectivity index is 1.58. The van der Waals surface area contributed by atoms with Crippen LogP contribution in [0.5, 0.6) is 0 Å². The number of anilines is 2. The predicted molar refractivity (Wildman–Crippen MR) is 97.6 cm³/mol. The Morgan fingerprint density at radius 1 is 1.14 bits per heavy atom. The molecule has 0 aromatic heterocycles. The number of nitrogens with one attached hydrogen (secondary N) is 3. The van der Waals surface area contributed by atoms with Gasteiger partial charge in [-0.1, -0.05) is 0 Å². The molecular weight excluding hydrogens is 377 g/mol. The van der Waals surface area contributed by atoms with Crippen LogP contribution in [0.2, 0.25) is 0 Å². The molecule has 1 aliphatic rings. The maximum Gasteiger partial charge on any atom is 0.416 e. The molecule has 0 bridgehead atoms. The van der Waals surface area contributed by atoms with E-state index in [4.69, 9.17) is 0 Å². The van der Waals surface area contributed by atoms with Crippen LogP contribution in [0.15, 0.2) is 36.4 Å². The van der Waals surface area contributed by atoms with Gasteiger partial charge < -0.3 is 16.0 Å². The highest BCUT2D eigenvalue weighted by Gasteiger charge is 2.30. The van der Waals surface area contributed by atoms with Gasteiger partial charge in [0.05, 0.1) is 10.5 Å². The van der Waals surface area contributed by atoms with Crippen molar-refractivity contribution in [1.82, 2.24) is 5.32 Å². The van der Waals surface area contributed by atoms with Crippen molar-refractivity contribution in [2.75, 3.05) is 30.3 Å². The zero-order chi connectivity index (χ0) is 20.3. The lowest BCUT2D eigenvalue weighted by molar-refractivity contribution is -0.384. The molecule has 10 heteroatoms. The Hall–Kier alpha value is -3.30. The summed E-state index contributed by atoms with van der Waals surface area (Å²) in [6, 6.07) is 6.98. The second-order valence-electron chi connectivity index (χ2n) is 6.18. The van der Waals surface area contributed by atoms with E-state index in [2.05, 4.69) is 16.0 Å². The van der Waals surface area contributed by atoms with E-state index in [1.165, 1.54) is 6.07 Å². The van der Waals surface area contributed by atoms with E-state index >= 15 is 0 Å². The zero-order valence-electron chi connectivity index (χ0n) is 14.6. The minimum absolute atomic E-state index is 0.0449. The quantitative estimate of drug-likeness (QED) is 0.396. The summed E-state index contributed by atoms with van der Waals surface area (Å²) in [6.45, 7) is 1.06. The van der Waals surface area contributed by atoms with Crippen molar-refractivity contribution < 1.29 is 22.9 Å². The number of fused-ring (bicyclic) bond motifs is 1. The minimum atomic E-state index is -4.46. The summed E-state index contributed by atoms with van der Waals surface area (Å²) in [6.07, 6.45) is -3.81. The molecular formula is C18H17F3N4O3. The maximum atomic E-state index is 12.6. The summed E-state index contributed by atoms with van der Waals surface area (Å²) in [4.78, 5) is 22.8. The lowest BCUT2D eigenvalue weighted by atomic mass is 10.1. The first-order valence-electron chi connectivity index (χ1n) is 8.51. The van der Waals surface area contributed by atoms with Crippen LogP contribution in [-0.4, -0.2) is 30.5 Å². The Bertz CT molecular complexity index is 898. The first kappa shape index (κ1) is 19.5. The standard InChI is InChI=1S/C18H17F3N4O3/c19-18(20,21)12-3-1-11(2-4-12)17(26)24-10-9-23-16-13-7-8-22-14(13)5-6-15(16)25(27)28/h1-6,22-23H,7-10H2,(H,24,26). The van der Waals surface area contributed by atoms with Gasteiger partial charge in [0.15, 0.2) is 0 Å². The zero-order valence-corrected chi connectivity index (χ0v) is 14.6. The smallest absolute Gasteiger partial charge is 0.384 e. The van der Waals surface area contributed by atoms with E-state index in [1.807, 2.05) is 0 Å². The van der Waals surface area contributed by atoms with Crippen molar-refractivity contribution in [3.8, 4) is 0 Å². The van der Waals surface area contributed by atoms with Gasteiger partial charge in [0.1, 0.15) is 5.69 Å². The van der Waals surface area contributed by atoms with Crippen LogP contribution in [0.4, 0.5) is 30.2 Å². The lowest BCUT2D eigenvalue weighted by Gasteiger charge is -2.12. The Kier molecular flexibility index (Phi) is 5.39. The topological polar surface area (TPSA) is 96.3 Å². The van der Waals surface area contributed by atoms with Gasteiger partial charge in [0.25, 0.3) is 11.6 Å². The molecule has 3 N–H and O–H groups in total. The number of nitrogens with zero attached hydrogens (tertiary/aromatic N) is 1. The Labute approximate surface area is 158 Å². The number of carbonyl (C=O) groups is 1. The Morgan fingerprint density at radius 2 is 1.86 bits per heavy atom. The number of nitro groups is 1. The highest BCUT2D eigenvalue weighted by molar-refractivity contribution is 5.94. The van der Waals surface area contributed by atoms with Crippen molar-refractivity contribution in [2.45, 2.75) is 12.6 Å². The molecule has 0 fully saturated rings. The predicted octanol–water partition coefficient (Wildman–Crippen LogP) is 3.42. The van der Waals surface area contributed by atoms with Gasteiger partial charge in [-0.2, -0.15) is 13.2 Å². The fourth-order valence-electron chi connectivity index (χ4n) is 3.01. The molecule has 1 amide bonds. The molecule has 0 aliphatic carbocycles. The molecule has 3 rings (SSSR count). The molecule has 148 valence electrons. The van der Waals surface area contributed by atoms with Crippen LogP contribution in [0, 0.1) is 10.1 Å². The maximum absolute atomic E-state index is 12.6. The lowest BCUT2D eigenvalue weighted by Crippen LogP contribution is -2.29. The molecule has 0 saturated heterocycles. The third-order valence-corrected chi connectivity index (χ3v) is 4.36. The van der Waals surface area contributed by atoms with Gasteiger partial charge in [0, 0.05) is 42.5 Å². The summed E-state index contributed by atoms with van der Waals surface area (Å²) in [7, 11) is 0. The third kappa shape index (κ3) is 4.16. The normalized spacial score (nSPS) is 12.8. The van der Waals surface area contributed by atoms with Gasteiger partial charge in [-0.3, -0.25) is 14.9 Å². The van der Waals surface area contributed by atoms with Crippen molar-refractivity contribution in [2.24, 2.45) is 0 Å². The summed E-state index contributed by atoms with van der Waals surface area (Å²) in [5, 5.41) is 19.9. The highest BCUT2D eigenvalue weighted by atomic mass is 19.4. The van der Waals surface area contributed by atoms with E-state index in [-0.39, 0.29) is 24.3 Å². The first-order valence-corrected chi connectivity index (χ1v) is 8.51. The molecule has 0 saturated carbocycles. The number of benzene rings is 2. The second kappa shape index (κ2) is 7.75. The van der Waals surface area contributed by atoms with Gasteiger partial charge in [-0.25, -0.2) is 0 Å². The fraction of sp³-hybridized carbons (Fsp3) is 0.278. The highest BCUT2D eigenvalue weighted by Crippen LogP contribution is 2.36. The number of halogens is 3. The SMILES string of the molecule is O=C(NCCNc1c([N+](=O)[O-])ccc2c1CCN2)c1ccc(C(F)(F)F)cc1. The van der Waals surface area contributed by atoms with Crippen LogP contribution < -0.4 is 16.0 Å². The van der Waals surface area contributed by atoms with Gasteiger partial charge in [0.2, 0.25) is 0 Å². The molecule has 0 spiro atoms. The molecule has 28 heavy (non-hydrogen) atoms. The summed E-state index contributed by atoms with van der Waals surface area (Å²) < 4.78 is 37.7. The van der Waals surface area contributed by atoms with E-state index in [1.54, 1.807) is 6.07 Å². The Morgan fingerprint density at radius 3 is 2.50 bits per heavy atom. The van der Waals surface area contributed by atoms with Gasteiger partial charge in [-0.15, -0.1) is 0 Å². The number of hydrogen-bond donors (Lipinski definition) is 3. The number of hydrogen-bond acceptors (Lipinski definition) is 5.